The fourth-order valence-electron chi connectivity index (χ4n) is 1.40. The third-order valence-corrected chi connectivity index (χ3v) is 3.11. The standard InChI is InChI=1S/C14H20S/c1-2-3-4-5-6-7-8-9-11-14-12-10-13-15-14/h7-13H,2-6H2,1H3/b8-7+,11-9+. The van der Waals surface area contributed by atoms with Gasteiger partial charge in [-0.25, -0.2) is 0 Å². The Balaban J connectivity index is 2.06. The van der Waals surface area contributed by atoms with Gasteiger partial charge in [-0.1, -0.05) is 50.5 Å². The van der Waals surface area contributed by atoms with Crippen molar-refractivity contribution in [1.82, 2.24) is 0 Å². The highest BCUT2D eigenvalue weighted by molar-refractivity contribution is 7.10. The quantitative estimate of drug-likeness (QED) is 0.433. The first-order valence-electron chi connectivity index (χ1n) is 5.80. The zero-order chi connectivity index (χ0) is 10.8. The largest absolute Gasteiger partial charge is 0.144 e. The molecule has 0 fully saturated rings. The molecule has 1 heterocycles. The van der Waals surface area contributed by atoms with E-state index in [4.69, 9.17) is 0 Å². The van der Waals surface area contributed by atoms with Crippen molar-refractivity contribution in [2.75, 3.05) is 0 Å². The average Bonchev–Trinajstić information content (AvgIpc) is 2.75. The SMILES string of the molecule is CCCCCC/C=C/C=C/c1cccs1. The maximum atomic E-state index is 2.26. The fraction of sp³-hybridized carbons (Fsp3) is 0.429. The molecule has 0 aliphatic heterocycles. The lowest BCUT2D eigenvalue weighted by atomic mass is 10.1. The Hall–Kier alpha value is -0.820. The minimum Gasteiger partial charge on any atom is -0.144 e. The van der Waals surface area contributed by atoms with Crippen molar-refractivity contribution in [3.05, 3.63) is 40.6 Å². The normalized spacial score (nSPS) is 11.8. The molecule has 0 bridgehead atoms. The van der Waals surface area contributed by atoms with Gasteiger partial charge in [0.05, 0.1) is 0 Å². The molecule has 0 aliphatic rings. The van der Waals surface area contributed by atoms with E-state index in [0.29, 0.717) is 0 Å². The van der Waals surface area contributed by atoms with E-state index in [0.717, 1.165) is 0 Å². The molecule has 0 aromatic carbocycles. The Kier molecular flexibility index (Phi) is 6.93. The van der Waals surface area contributed by atoms with Crippen molar-refractivity contribution in [2.24, 2.45) is 0 Å². The molecule has 0 N–H and O–H groups in total. The van der Waals surface area contributed by atoms with E-state index in [2.05, 4.69) is 48.7 Å². The first-order chi connectivity index (χ1) is 7.43. The van der Waals surface area contributed by atoms with Crippen LogP contribution in [0.1, 0.15) is 43.9 Å². The van der Waals surface area contributed by atoms with Crippen molar-refractivity contribution in [1.29, 1.82) is 0 Å². The average molecular weight is 220 g/mol. The summed E-state index contributed by atoms with van der Waals surface area (Å²) in [5.41, 5.74) is 0. The first kappa shape index (κ1) is 12.3. The van der Waals surface area contributed by atoms with Gasteiger partial charge in [0.15, 0.2) is 0 Å². The second-order valence-corrected chi connectivity index (χ2v) is 4.63. The van der Waals surface area contributed by atoms with Crippen LogP contribution in [0.3, 0.4) is 0 Å². The highest BCUT2D eigenvalue weighted by Gasteiger charge is 1.84. The van der Waals surface area contributed by atoms with Crippen molar-refractivity contribution >= 4 is 17.4 Å². The van der Waals surface area contributed by atoms with Gasteiger partial charge in [0.2, 0.25) is 0 Å². The number of hydrogen-bond acceptors (Lipinski definition) is 1. The van der Waals surface area contributed by atoms with Crippen LogP contribution in [0.25, 0.3) is 6.08 Å². The van der Waals surface area contributed by atoms with E-state index >= 15 is 0 Å². The van der Waals surface area contributed by atoms with E-state index in [1.54, 1.807) is 11.3 Å². The van der Waals surface area contributed by atoms with Gasteiger partial charge in [0.1, 0.15) is 0 Å². The van der Waals surface area contributed by atoms with Gasteiger partial charge < -0.3 is 0 Å². The summed E-state index contributed by atoms with van der Waals surface area (Å²) in [4.78, 5) is 1.32. The van der Waals surface area contributed by atoms with E-state index in [1.807, 2.05) is 0 Å². The van der Waals surface area contributed by atoms with Gasteiger partial charge in [0, 0.05) is 4.88 Å². The lowest BCUT2D eigenvalue weighted by molar-refractivity contribution is 0.674. The van der Waals surface area contributed by atoms with E-state index in [-0.39, 0.29) is 0 Å². The molecule has 0 unspecified atom stereocenters. The zero-order valence-electron chi connectivity index (χ0n) is 9.49. The molecule has 1 heteroatoms. The van der Waals surface area contributed by atoms with Gasteiger partial charge in [-0.15, -0.1) is 11.3 Å². The highest BCUT2D eigenvalue weighted by Crippen LogP contribution is 2.10. The maximum Gasteiger partial charge on any atom is 0.0270 e. The van der Waals surface area contributed by atoms with Crippen molar-refractivity contribution in [2.45, 2.75) is 39.0 Å². The summed E-state index contributed by atoms with van der Waals surface area (Å²) >= 11 is 1.78. The predicted molar refractivity (Wildman–Crippen MR) is 71.3 cm³/mol. The van der Waals surface area contributed by atoms with Gasteiger partial charge >= 0.3 is 0 Å². The van der Waals surface area contributed by atoms with Crippen molar-refractivity contribution in [3.63, 3.8) is 0 Å². The number of unbranched alkanes of at least 4 members (excludes halogenated alkanes) is 4. The molecule has 0 atom stereocenters. The molecule has 1 aromatic heterocycles. The van der Waals surface area contributed by atoms with Crippen LogP contribution < -0.4 is 0 Å². The summed E-state index contributed by atoms with van der Waals surface area (Å²) in [5, 5.41) is 2.11. The second-order valence-electron chi connectivity index (χ2n) is 3.65. The minimum absolute atomic E-state index is 1.22. The molecule has 1 rings (SSSR count). The number of rotatable bonds is 7. The Morgan fingerprint density at radius 1 is 1.20 bits per heavy atom. The minimum atomic E-state index is 1.22. The van der Waals surface area contributed by atoms with Gasteiger partial charge in [-0.3, -0.25) is 0 Å². The number of thiophene rings is 1. The molecule has 0 radical (unpaired) electrons. The first-order valence-corrected chi connectivity index (χ1v) is 6.68. The smallest absolute Gasteiger partial charge is 0.0270 e. The van der Waals surface area contributed by atoms with Crippen LogP contribution in [-0.2, 0) is 0 Å². The Morgan fingerprint density at radius 2 is 2.13 bits per heavy atom. The van der Waals surface area contributed by atoms with Crippen LogP contribution in [0, 0.1) is 0 Å². The van der Waals surface area contributed by atoms with Crippen molar-refractivity contribution < 1.29 is 0 Å². The van der Waals surface area contributed by atoms with Gasteiger partial charge in [-0.2, -0.15) is 0 Å². The lowest BCUT2D eigenvalue weighted by Gasteiger charge is -1.92. The molecule has 0 aliphatic carbocycles. The molecule has 1 aromatic rings. The van der Waals surface area contributed by atoms with E-state index in [9.17, 15) is 0 Å². The molecule has 0 spiro atoms. The summed E-state index contributed by atoms with van der Waals surface area (Å²) in [6.07, 6.45) is 15.3. The molecule has 0 saturated heterocycles. The zero-order valence-corrected chi connectivity index (χ0v) is 10.3. The second kappa shape index (κ2) is 8.49. The lowest BCUT2D eigenvalue weighted by Crippen LogP contribution is -1.72. The Morgan fingerprint density at radius 3 is 2.87 bits per heavy atom. The molecule has 0 amide bonds. The van der Waals surface area contributed by atoms with Crippen LogP contribution >= 0.6 is 11.3 Å². The Bertz CT molecular complexity index is 280. The predicted octanol–water partition coefficient (Wildman–Crippen LogP) is 5.29. The summed E-state index contributed by atoms with van der Waals surface area (Å²) in [6, 6.07) is 4.22. The van der Waals surface area contributed by atoms with E-state index < -0.39 is 0 Å². The number of hydrogen-bond donors (Lipinski definition) is 0. The summed E-state index contributed by atoms with van der Waals surface area (Å²) in [7, 11) is 0. The summed E-state index contributed by atoms with van der Waals surface area (Å²) in [5.74, 6) is 0. The number of allylic oxidation sites excluding steroid dienone is 3. The van der Waals surface area contributed by atoms with Crippen LogP contribution in [0.4, 0.5) is 0 Å². The molecule has 15 heavy (non-hydrogen) atoms. The topological polar surface area (TPSA) is 0 Å². The fourth-order valence-corrected chi connectivity index (χ4v) is 2.03. The van der Waals surface area contributed by atoms with Crippen LogP contribution in [0.2, 0.25) is 0 Å². The van der Waals surface area contributed by atoms with Crippen LogP contribution in [-0.4, -0.2) is 0 Å². The van der Waals surface area contributed by atoms with Crippen molar-refractivity contribution in [3.8, 4) is 0 Å². The summed E-state index contributed by atoms with van der Waals surface area (Å²) in [6.45, 7) is 2.25. The molecular weight excluding hydrogens is 200 g/mol. The van der Waals surface area contributed by atoms with Gasteiger partial charge in [0.25, 0.3) is 0 Å². The molecule has 0 nitrogen and oxygen atoms in total. The Labute approximate surface area is 97.3 Å². The van der Waals surface area contributed by atoms with E-state index in [1.165, 1.54) is 37.0 Å². The molecule has 82 valence electrons. The molecule has 0 saturated carbocycles. The van der Waals surface area contributed by atoms with Crippen LogP contribution in [0.15, 0.2) is 35.7 Å². The molecular formula is C14H20S. The maximum absolute atomic E-state index is 2.26. The third kappa shape index (κ3) is 6.29. The summed E-state index contributed by atoms with van der Waals surface area (Å²) < 4.78 is 0. The highest BCUT2D eigenvalue weighted by atomic mass is 32.1. The third-order valence-electron chi connectivity index (χ3n) is 2.28. The van der Waals surface area contributed by atoms with Crippen LogP contribution in [0.5, 0.6) is 0 Å². The monoisotopic (exact) mass is 220 g/mol. The van der Waals surface area contributed by atoms with Gasteiger partial charge in [-0.05, 0) is 30.4 Å².